The second-order valence-electron chi connectivity index (χ2n) is 5.63. The summed E-state index contributed by atoms with van der Waals surface area (Å²) in [5, 5.41) is 13.0. The van der Waals surface area contributed by atoms with E-state index >= 15 is 0 Å². The van der Waals surface area contributed by atoms with E-state index in [2.05, 4.69) is 15.1 Å². The lowest BCUT2D eigenvalue weighted by atomic mass is 10.1. The van der Waals surface area contributed by atoms with E-state index < -0.39 is 0 Å². The number of hydrogen-bond acceptors (Lipinski definition) is 6. The molecule has 0 saturated carbocycles. The second-order valence-corrected chi connectivity index (χ2v) is 5.63. The van der Waals surface area contributed by atoms with Crippen LogP contribution in [0.1, 0.15) is 11.3 Å². The Morgan fingerprint density at radius 3 is 2.65 bits per heavy atom. The van der Waals surface area contributed by atoms with Crippen LogP contribution in [0.2, 0.25) is 0 Å². The molecule has 0 aliphatic heterocycles. The van der Waals surface area contributed by atoms with E-state index in [0.717, 1.165) is 22.6 Å². The lowest BCUT2D eigenvalue weighted by molar-refractivity contribution is 0.306. The van der Waals surface area contributed by atoms with Gasteiger partial charge in [0.15, 0.2) is 5.65 Å². The molecule has 7 nitrogen and oxygen atoms in total. The van der Waals surface area contributed by atoms with Gasteiger partial charge in [0.2, 0.25) is 5.95 Å². The van der Waals surface area contributed by atoms with E-state index in [0.29, 0.717) is 17.9 Å². The number of nitrogens with two attached hydrogens (primary N) is 1. The van der Waals surface area contributed by atoms with Crippen molar-refractivity contribution in [2.75, 3.05) is 5.73 Å². The maximum atomic E-state index is 8.76. The molecule has 0 bridgehead atoms. The molecule has 7 heteroatoms. The first-order chi connectivity index (χ1) is 12.7. The molecular formula is C19H14N6O. The van der Waals surface area contributed by atoms with Crippen LogP contribution in [-0.2, 0) is 6.61 Å². The van der Waals surface area contributed by atoms with E-state index in [1.165, 1.54) is 0 Å². The molecule has 0 unspecified atom stereocenters. The summed E-state index contributed by atoms with van der Waals surface area (Å²) in [6, 6.07) is 18.9. The number of nitrogen functional groups attached to an aromatic ring is 1. The molecule has 2 N–H and O–H groups in total. The van der Waals surface area contributed by atoms with Gasteiger partial charge in [0, 0.05) is 17.3 Å². The van der Waals surface area contributed by atoms with Gasteiger partial charge in [0.1, 0.15) is 24.1 Å². The average Bonchev–Trinajstić information content (AvgIpc) is 3.07. The summed E-state index contributed by atoms with van der Waals surface area (Å²) < 4.78 is 7.49. The summed E-state index contributed by atoms with van der Waals surface area (Å²) in [5.41, 5.74) is 9.56. The third-order valence-electron chi connectivity index (χ3n) is 3.87. The smallest absolute Gasteiger partial charge is 0.240 e. The monoisotopic (exact) mass is 342 g/mol. The SMILES string of the molecule is N#Cc1ccc(COc2ccc(-c3cccc4nc(N)nn34)cc2)cn1. The molecule has 126 valence electrons. The zero-order valence-corrected chi connectivity index (χ0v) is 13.7. The summed E-state index contributed by atoms with van der Waals surface area (Å²) in [4.78, 5) is 8.20. The minimum absolute atomic E-state index is 0.244. The Hall–Kier alpha value is -3.92. The minimum Gasteiger partial charge on any atom is -0.489 e. The Morgan fingerprint density at radius 1 is 1.08 bits per heavy atom. The predicted octanol–water partition coefficient (Wildman–Crippen LogP) is 2.82. The molecule has 0 saturated heterocycles. The Balaban J connectivity index is 1.52. The highest BCUT2D eigenvalue weighted by Crippen LogP contribution is 2.23. The van der Waals surface area contributed by atoms with Crippen LogP contribution in [0.25, 0.3) is 16.9 Å². The molecule has 0 atom stereocenters. The minimum atomic E-state index is 0.244. The van der Waals surface area contributed by atoms with Gasteiger partial charge in [-0.1, -0.05) is 12.1 Å². The van der Waals surface area contributed by atoms with Gasteiger partial charge in [-0.2, -0.15) is 10.2 Å². The average molecular weight is 342 g/mol. The molecule has 26 heavy (non-hydrogen) atoms. The quantitative estimate of drug-likeness (QED) is 0.612. The van der Waals surface area contributed by atoms with Crippen molar-refractivity contribution < 1.29 is 4.74 Å². The van der Waals surface area contributed by atoms with Crippen molar-refractivity contribution in [3.05, 3.63) is 72.1 Å². The standard InChI is InChI=1S/C19H14N6O/c20-10-15-7-4-13(11-22-15)12-26-16-8-5-14(6-9-16)17-2-1-3-18-23-19(21)24-25(17)18/h1-9,11H,12H2,(H2,21,24). The highest BCUT2D eigenvalue weighted by molar-refractivity contribution is 5.64. The van der Waals surface area contributed by atoms with Crippen molar-refractivity contribution in [1.29, 1.82) is 5.26 Å². The normalized spacial score (nSPS) is 10.6. The third-order valence-corrected chi connectivity index (χ3v) is 3.87. The van der Waals surface area contributed by atoms with Crippen LogP contribution in [0.5, 0.6) is 5.75 Å². The van der Waals surface area contributed by atoms with Crippen LogP contribution in [0.3, 0.4) is 0 Å². The zero-order chi connectivity index (χ0) is 17.9. The Bertz CT molecular complexity index is 1090. The van der Waals surface area contributed by atoms with Crippen LogP contribution in [-0.4, -0.2) is 19.6 Å². The van der Waals surface area contributed by atoms with Crippen LogP contribution in [0.15, 0.2) is 60.8 Å². The molecule has 0 spiro atoms. The molecule has 4 rings (SSSR count). The van der Waals surface area contributed by atoms with Crippen LogP contribution >= 0.6 is 0 Å². The lowest BCUT2D eigenvalue weighted by Gasteiger charge is -2.08. The number of rotatable bonds is 4. The molecule has 0 aliphatic rings. The maximum Gasteiger partial charge on any atom is 0.240 e. The number of benzene rings is 1. The molecular weight excluding hydrogens is 328 g/mol. The van der Waals surface area contributed by atoms with Crippen LogP contribution in [0.4, 0.5) is 5.95 Å². The highest BCUT2D eigenvalue weighted by Gasteiger charge is 2.07. The zero-order valence-electron chi connectivity index (χ0n) is 13.7. The van der Waals surface area contributed by atoms with Crippen molar-refractivity contribution in [3.63, 3.8) is 0 Å². The molecule has 0 radical (unpaired) electrons. The number of hydrogen-bond donors (Lipinski definition) is 1. The van der Waals surface area contributed by atoms with E-state index in [1.807, 2.05) is 54.6 Å². The number of ether oxygens (including phenoxy) is 1. The number of anilines is 1. The van der Waals surface area contributed by atoms with Crippen molar-refractivity contribution in [2.45, 2.75) is 6.61 Å². The van der Waals surface area contributed by atoms with Gasteiger partial charge in [-0.3, -0.25) is 0 Å². The van der Waals surface area contributed by atoms with Crippen molar-refractivity contribution in [2.24, 2.45) is 0 Å². The molecule has 1 aromatic carbocycles. The van der Waals surface area contributed by atoms with Gasteiger partial charge in [0.05, 0.1) is 5.69 Å². The Morgan fingerprint density at radius 2 is 1.92 bits per heavy atom. The van der Waals surface area contributed by atoms with Gasteiger partial charge in [0.25, 0.3) is 0 Å². The summed E-state index contributed by atoms with van der Waals surface area (Å²) in [6.45, 7) is 0.382. The number of nitriles is 1. The molecule has 0 aliphatic carbocycles. The van der Waals surface area contributed by atoms with E-state index in [4.69, 9.17) is 15.7 Å². The molecule has 3 heterocycles. The molecule has 0 amide bonds. The first kappa shape index (κ1) is 15.6. The van der Waals surface area contributed by atoms with Crippen LogP contribution in [0, 0.1) is 11.3 Å². The van der Waals surface area contributed by atoms with Crippen molar-refractivity contribution >= 4 is 11.6 Å². The largest absolute Gasteiger partial charge is 0.489 e. The maximum absolute atomic E-state index is 8.76. The van der Waals surface area contributed by atoms with Crippen molar-refractivity contribution in [3.8, 4) is 23.1 Å². The Kier molecular flexibility index (Phi) is 3.92. The first-order valence-corrected chi connectivity index (χ1v) is 7.92. The van der Waals surface area contributed by atoms with E-state index in [1.54, 1.807) is 16.8 Å². The number of pyridine rings is 2. The lowest BCUT2D eigenvalue weighted by Crippen LogP contribution is -1.97. The fourth-order valence-electron chi connectivity index (χ4n) is 2.60. The summed E-state index contributed by atoms with van der Waals surface area (Å²) >= 11 is 0. The predicted molar refractivity (Wildman–Crippen MR) is 96.1 cm³/mol. The van der Waals surface area contributed by atoms with Crippen LogP contribution < -0.4 is 10.5 Å². The second kappa shape index (κ2) is 6.53. The van der Waals surface area contributed by atoms with Gasteiger partial charge >= 0.3 is 0 Å². The van der Waals surface area contributed by atoms with Gasteiger partial charge in [-0.25, -0.2) is 9.50 Å². The van der Waals surface area contributed by atoms with Gasteiger partial charge < -0.3 is 10.5 Å². The number of nitrogens with zero attached hydrogens (tertiary/aromatic N) is 5. The number of fused-ring (bicyclic) bond motifs is 1. The molecule has 0 fully saturated rings. The summed E-state index contributed by atoms with van der Waals surface area (Å²) in [6.07, 6.45) is 1.64. The van der Waals surface area contributed by atoms with E-state index in [9.17, 15) is 0 Å². The fourth-order valence-corrected chi connectivity index (χ4v) is 2.60. The van der Waals surface area contributed by atoms with Gasteiger partial charge in [-0.15, -0.1) is 5.10 Å². The summed E-state index contributed by atoms with van der Waals surface area (Å²) in [7, 11) is 0. The highest BCUT2D eigenvalue weighted by atomic mass is 16.5. The summed E-state index contributed by atoms with van der Waals surface area (Å²) in [5.74, 6) is 0.983. The topological polar surface area (TPSA) is 102 Å². The molecule has 4 aromatic rings. The van der Waals surface area contributed by atoms with Crippen molar-refractivity contribution in [1.82, 2.24) is 19.6 Å². The Labute approximate surface area is 149 Å². The fraction of sp³-hybridized carbons (Fsp3) is 0.0526. The van der Waals surface area contributed by atoms with Gasteiger partial charge in [-0.05, 0) is 42.5 Å². The first-order valence-electron chi connectivity index (χ1n) is 7.92. The molecule has 3 aromatic heterocycles. The number of aromatic nitrogens is 4. The third kappa shape index (κ3) is 3.03. The van der Waals surface area contributed by atoms with E-state index in [-0.39, 0.29) is 5.95 Å².